The first-order chi connectivity index (χ1) is 13.4. The number of urea groups is 1. The summed E-state index contributed by atoms with van der Waals surface area (Å²) in [6, 6.07) is 5.73. The van der Waals surface area contributed by atoms with Crippen LogP contribution in [0.1, 0.15) is 60.5 Å². The Kier molecular flexibility index (Phi) is 8.99. The van der Waals surface area contributed by atoms with Crippen molar-refractivity contribution in [2.45, 2.75) is 67.5 Å². The average molecular weight is 405 g/mol. The zero-order chi connectivity index (χ0) is 22.4. The topological polar surface area (TPSA) is 64.7 Å². The van der Waals surface area contributed by atoms with Crippen molar-refractivity contribution in [1.29, 1.82) is 0 Å². The lowest BCUT2D eigenvalue weighted by Gasteiger charge is -2.35. The molecule has 0 fully saturated rings. The Morgan fingerprint density at radius 3 is 2.21 bits per heavy atom. The highest BCUT2D eigenvalue weighted by Crippen LogP contribution is 2.28. The largest absolute Gasteiger partial charge is 0.377 e. The van der Waals surface area contributed by atoms with Crippen LogP contribution in [0, 0.1) is 11.3 Å². The third-order valence-corrected chi connectivity index (χ3v) is 4.96. The molecule has 1 aromatic carbocycles. The Bertz CT molecular complexity index is 693. The van der Waals surface area contributed by atoms with E-state index in [1.54, 1.807) is 0 Å². The molecule has 0 bridgehead atoms. The Balaban J connectivity index is 3.26. The number of hydrogen-bond acceptors (Lipinski definition) is 3. The molecular weight excluding hydrogens is 364 g/mol. The first-order valence-corrected chi connectivity index (χ1v) is 10.5. The summed E-state index contributed by atoms with van der Waals surface area (Å²) >= 11 is 0. The standard InChI is InChI=1S/C23H40N4O2/c1-10-24-22(29)25-19-11-12-20(26(8)9)18(13-19)15-27(17(4)16(2)3)21(28)14-23(5,6)7/h11-13,16-17H,10,14-15H2,1-9H3,(H2,24,25,29)/t17-/m0/s1. The first-order valence-electron chi connectivity index (χ1n) is 10.5. The molecule has 1 rings (SSSR count). The van der Waals surface area contributed by atoms with Gasteiger partial charge in [0.05, 0.1) is 0 Å². The summed E-state index contributed by atoms with van der Waals surface area (Å²) in [6.45, 7) is 15.6. The van der Waals surface area contributed by atoms with Crippen LogP contribution in [-0.4, -0.2) is 43.5 Å². The van der Waals surface area contributed by atoms with Gasteiger partial charge in [0.15, 0.2) is 0 Å². The molecule has 6 nitrogen and oxygen atoms in total. The van der Waals surface area contributed by atoms with Crippen molar-refractivity contribution in [3.63, 3.8) is 0 Å². The minimum absolute atomic E-state index is 0.0714. The van der Waals surface area contributed by atoms with Crippen molar-refractivity contribution in [2.24, 2.45) is 11.3 Å². The second-order valence-electron chi connectivity index (χ2n) is 9.47. The lowest BCUT2D eigenvalue weighted by Crippen LogP contribution is -2.42. The summed E-state index contributed by atoms with van der Waals surface area (Å²) in [5.41, 5.74) is 2.70. The van der Waals surface area contributed by atoms with Gasteiger partial charge in [0.2, 0.25) is 5.91 Å². The van der Waals surface area contributed by atoms with E-state index in [1.165, 1.54) is 0 Å². The van der Waals surface area contributed by atoms with E-state index in [-0.39, 0.29) is 23.4 Å². The first kappa shape index (κ1) is 24.8. The molecule has 0 aromatic heterocycles. The van der Waals surface area contributed by atoms with Crippen LogP contribution in [0.4, 0.5) is 16.2 Å². The van der Waals surface area contributed by atoms with E-state index in [9.17, 15) is 9.59 Å². The Labute approximate surface area is 177 Å². The zero-order valence-electron chi connectivity index (χ0n) is 19.7. The van der Waals surface area contributed by atoms with Gasteiger partial charge in [-0.05, 0) is 48.9 Å². The maximum atomic E-state index is 13.2. The fourth-order valence-electron chi connectivity index (χ4n) is 3.12. The molecule has 1 aromatic rings. The van der Waals surface area contributed by atoms with Crippen LogP contribution in [0.3, 0.4) is 0 Å². The molecule has 0 saturated carbocycles. The number of carbonyl (C=O) groups is 2. The Hall–Kier alpha value is -2.24. The molecule has 0 aliphatic heterocycles. The summed E-state index contributed by atoms with van der Waals surface area (Å²) in [5, 5.41) is 5.61. The van der Waals surface area contributed by atoms with Gasteiger partial charge in [0.25, 0.3) is 0 Å². The van der Waals surface area contributed by atoms with Crippen molar-refractivity contribution in [1.82, 2.24) is 10.2 Å². The molecule has 0 saturated heterocycles. The predicted molar refractivity (Wildman–Crippen MR) is 122 cm³/mol. The molecule has 29 heavy (non-hydrogen) atoms. The normalized spacial score (nSPS) is 12.5. The van der Waals surface area contributed by atoms with Crippen molar-refractivity contribution < 1.29 is 9.59 Å². The SMILES string of the molecule is CCNC(=O)Nc1ccc(N(C)C)c(CN(C(=O)CC(C)(C)C)[C@@H](C)C(C)C)c1. The Morgan fingerprint density at radius 2 is 1.72 bits per heavy atom. The summed E-state index contributed by atoms with van der Waals surface area (Å²) in [5.74, 6) is 0.504. The molecule has 2 N–H and O–H groups in total. The van der Waals surface area contributed by atoms with E-state index in [0.29, 0.717) is 25.4 Å². The van der Waals surface area contributed by atoms with Gasteiger partial charge in [0, 0.05) is 51.0 Å². The number of carbonyl (C=O) groups excluding carboxylic acids is 2. The average Bonchev–Trinajstić information content (AvgIpc) is 2.57. The highest BCUT2D eigenvalue weighted by molar-refractivity contribution is 5.89. The van der Waals surface area contributed by atoms with Gasteiger partial charge in [-0.15, -0.1) is 0 Å². The molecule has 0 aliphatic carbocycles. The van der Waals surface area contributed by atoms with E-state index in [4.69, 9.17) is 0 Å². The van der Waals surface area contributed by atoms with Crippen LogP contribution in [-0.2, 0) is 11.3 Å². The predicted octanol–water partition coefficient (Wildman–Crippen LogP) is 4.70. The van der Waals surface area contributed by atoms with Crippen molar-refractivity contribution in [3.05, 3.63) is 23.8 Å². The quantitative estimate of drug-likeness (QED) is 0.660. The summed E-state index contributed by atoms with van der Waals surface area (Å²) < 4.78 is 0. The van der Waals surface area contributed by atoms with Gasteiger partial charge in [-0.25, -0.2) is 4.79 Å². The summed E-state index contributed by atoms with van der Waals surface area (Å²) in [6.07, 6.45) is 0.498. The van der Waals surface area contributed by atoms with E-state index in [0.717, 1.165) is 16.9 Å². The number of rotatable bonds is 8. The van der Waals surface area contributed by atoms with E-state index < -0.39 is 0 Å². The van der Waals surface area contributed by atoms with Crippen LogP contribution in [0.5, 0.6) is 0 Å². The molecule has 164 valence electrons. The highest BCUT2D eigenvalue weighted by Gasteiger charge is 2.27. The molecule has 0 radical (unpaired) electrons. The van der Waals surface area contributed by atoms with Gasteiger partial charge in [-0.1, -0.05) is 34.6 Å². The van der Waals surface area contributed by atoms with Gasteiger partial charge in [0.1, 0.15) is 0 Å². The van der Waals surface area contributed by atoms with Crippen molar-refractivity contribution in [3.8, 4) is 0 Å². The Morgan fingerprint density at radius 1 is 1.10 bits per heavy atom. The molecule has 0 aliphatic rings. The molecule has 0 unspecified atom stereocenters. The highest BCUT2D eigenvalue weighted by atomic mass is 16.2. The molecule has 6 heteroatoms. The van der Waals surface area contributed by atoms with Crippen LogP contribution in [0.25, 0.3) is 0 Å². The maximum absolute atomic E-state index is 13.2. The summed E-state index contributed by atoms with van der Waals surface area (Å²) in [7, 11) is 3.98. The number of amides is 3. The van der Waals surface area contributed by atoms with Crippen molar-refractivity contribution in [2.75, 3.05) is 30.9 Å². The van der Waals surface area contributed by atoms with E-state index >= 15 is 0 Å². The minimum Gasteiger partial charge on any atom is -0.377 e. The molecule has 1 atom stereocenters. The second-order valence-corrected chi connectivity index (χ2v) is 9.47. The number of nitrogens with zero attached hydrogens (tertiary/aromatic N) is 2. The van der Waals surface area contributed by atoms with Gasteiger partial charge < -0.3 is 20.4 Å². The number of hydrogen-bond donors (Lipinski definition) is 2. The smallest absolute Gasteiger partial charge is 0.319 e. The lowest BCUT2D eigenvalue weighted by atomic mass is 9.90. The minimum atomic E-state index is -0.229. The molecular formula is C23H40N4O2. The van der Waals surface area contributed by atoms with Crippen LogP contribution in [0.15, 0.2) is 18.2 Å². The van der Waals surface area contributed by atoms with Gasteiger partial charge in [-0.2, -0.15) is 0 Å². The van der Waals surface area contributed by atoms with E-state index in [2.05, 4.69) is 52.2 Å². The zero-order valence-corrected chi connectivity index (χ0v) is 19.7. The number of benzene rings is 1. The third-order valence-electron chi connectivity index (χ3n) is 4.96. The number of anilines is 2. The third kappa shape index (κ3) is 7.95. The van der Waals surface area contributed by atoms with Crippen LogP contribution in [0.2, 0.25) is 0 Å². The van der Waals surface area contributed by atoms with E-state index in [1.807, 2.05) is 49.0 Å². The lowest BCUT2D eigenvalue weighted by molar-refractivity contribution is -0.136. The van der Waals surface area contributed by atoms with Crippen LogP contribution >= 0.6 is 0 Å². The van der Waals surface area contributed by atoms with Crippen LogP contribution < -0.4 is 15.5 Å². The monoisotopic (exact) mass is 404 g/mol. The second kappa shape index (κ2) is 10.5. The molecule has 3 amide bonds. The molecule has 0 spiro atoms. The fraction of sp³-hybridized carbons (Fsp3) is 0.652. The summed E-state index contributed by atoms with van der Waals surface area (Å²) in [4.78, 5) is 29.1. The number of nitrogens with one attached hydrogen (secondary N) is 2. The maximum Gasteiger partial charge on any atom is 0.319 e. The van der Waals surface area contributed by atoms with Gasteiger partial charge in [-0.3, -0.25) is 4.79 Å². The van der Waals surface area contributed by atoms with Crippen molar-refractivity contribution >= 4 is 23.3 Å². The molecule has 0 heterocycles. The van der Waals surface area contributed by atoms with Gasteiger partial charge >= 0.3 is 6.03 Å². The fourth-order valence-corrected chi connectivity index (χ4v) is 3.12.